The lowest BCUT2D eigenvalue weighted by molar-refractivity contribution is -0.133. The van der Waals surface area contributed by atoms with Gasteiger partial charge in [-0.15, -0.1) is 5.10 Å². The molecule has 0 atom stereocenters. The molecule has 1 aliphatic rings. The van der Waals surface area contributed by atoms with Crippen molar-refractivity contribution in [1.29, 1.82) is 0 Å². The van der Waals surface area contributed by atoms with Gasteiger partial charge in [0.1, 0.15) is 29.4 Å². The zero-order chi connectivity index (χ0) is 19.6. The Bertz CT molecular complexity index is 1160. The molecule has 2 aromatic carbocycles. The maximum absolute atomic E-state index is 12.7. The van der Waals surface area contributed by atoms with Crippen LogP contribution in [0.2, 0.25) is 0 Å². The Morgan fingerprint density at radius 1 is 1.03 bits per heavy atom. The molecule has 0 bridgehead atoms. The third kappa shape index (κ3) is 3.51. The summed E-state index contributed by atoms with van der Waals surface area (Å²) in [4.78, 5) is 19.1. The number of nitrogens with zero attached hydrogens (tertiary/aromatic N) is 5. The van der Waals surface area contributed by atoms with Crippen LogP contribution in [0.15, 0.2) is 60.8 Å². The normalized spacial score (nSPS) is 15.1. The average Bonchev–Trinajstić information content (AvgIpc) is 3.17. The van der Waals surface area contributed by atoms with Gasteiger partial charge in [0.25, 0.3) is 0 Å². The summed E-state index contributed by atoms with van der Waals surface area (Å²) in [5.74, 6) is 0.868. The number of fused-ring (bicyclic) bond motifs is 2. The largest absolute Gasteiger partial charge is 0.488 e. The minimum absolute atomic E-state index is 0.0610. The number of aromatic nitrogens is 4. The number of para-hydroxylation sites is 2. The van der Waals surface area contributed by atoms with E-state index < -0.39 is 0 Å². The third-order valence-electron chi connectivity index (χ3n) is 5.39. The van der Waals surface area contributed by atoms with Crippen molar-refractivity contribution in [2.75, 3.05) is 13.1 Å². The molecule has 3 heterocycles. The standard InChI is InChI=1S/C22H21N5O2/c28-21(15-27-19-8-2-1-7-18(19)24-25-27)26-13-10-17(11-14-26)29-20-9-3-5-16-6-4-12-23-22(16)20/h1-9,12,17H,10-11,13-15H2. The van der Waals surface area contributed by atoms with Crippen molar-refractivity contribution in [3.05, 3.63) is 60.8 Å². The van der Waals surface area contributed by atoms with Crippen LogP contribution in [0.5, 0.6) is 5.75 Å². The highest BCUT2D eigenvalue weighted by Gasteiger charge is 2.25. The summed E-state index contributed by atoms with van der Waals surface area (Å²) >= 11 is 0. The number of benzene rings is 2. The molecule has 1 fully saturated rings. The van der Waals surface area contributed by atoms with Gasteiger partial charge < -0.3 is 9.64 Å². The highest BCUT2D eigenvalue weighted by Crippen LogP contribution is 2.26. The van der Waals surface area contributed by atoms with E-state index in [1.54, 1.807) is 10.9 Å². The van der Waals surface area contributed by atoms with Crippen LogP contribution in [0, 0.1) is 0 Å². The van der Waals surface area contributed by atoms with Gasteiger partial charge in [0.15, 0.2) is 0 Å². The Morgan fingerprint density at radius 2 is 1.86 bits per heavy atom. The molecule has 1 saturated heterocycles. The van der Waals surface area contributed by atoms with E-state index >= 15 is 0 Å². The number of hydrogen-bond acceptors (Lipinski definition) is 5. The van der Waals surface area contributed by atoms with Crippen LogP contribution in [-0.4, -0.2) is 50.0 Å². The van der Waals surface area contributed by atoms with Crippen molar-refractivity contribution >= 4 is 27.8 Å². The number of rotatable bonds is 4. The number of hydrogen-bond donors (Lipinski definition) is 0. The summed E-state index contributed by atoms with van der Waals surface area (Å²) < 4.78 is 7.90. The van der Waals surface area contributed by atoms with Crippen LogP contribution in [0.3, 0.4) is 0 Å². The van der Waals surface area contributed by atoms with E-state index in [0.29, 0.717) is 13.1 Å². The van der Waals surface area contributed by atoms with Crippen molar-refractivity contribution < 1.29 is 9.53 Å². The first-order valence-electron chi connectivity index (χ1n) is 9.84. The molecule has 5 rings (SSSR count). The minimum Gasteiger partial charge on any atom is -0.488 e. The second kappa shape index (κ2) is 7.50. The third-order valence-corrected chi connectivity index (χ3v) is 5.39. The van der Waals surface area contributed by atoms with Gasteiger partial charge in [-0.05, 0) is 24.3 Å². The molecule has 0 saturated carbocycles. The second-order valence-electron chi connectivity index (χ2n) is 7.27. The molecule has 1 aliphatic heterocycles. The van der Waals surface area contributed by atoms with E-state index in [1.165, 1.54) is 0 Å². The monoisotopic (exact) mass is 387 g/mol. The van der Waals surface area contributed by atoms with Gasteiger partial charge in [0, 0.05) is 37.5 Å². The molecule has 29 heavy (non-hydrogen) atoms. The Hall–Kier alpha value is -3.48. The first kappa shape index (κ1) is 17.6. The zero-order valence-corrected chi connectivity index (χ0v) is 15.9. The predicted octanol–water partition coefficient (Wildman–Crippen LogP) is 3.05. The molecule has 0 radical (unpaired) electrons. The molecular formula is C22H21N5O2. The lowest BCUT2D eigenvalue weighted by Gasteiger charge is -2.32. The molecule has 2 aromatic heterocycles. The number of pyridine rings is 1. The smallest absolute Gasteiger partial charge is 0.244 e. The van der Waals surface area contributed by atoms with E-state index in [4.69, 9.17) is 4.74 Å². The molecule has 1 amide bonds. The molecular weight excluding hydrogens is 366 g/mol. The van der Waals surface area contributed by atoms with Crippen LogP contribution >= 0.6 is 0 Å². The topological polar surface area (TPSA) is 73.1 Å². The van der Waals surface area contributed by atoms with Gasteiger partial charge in [-0.1, -0.05) is 35.5 Å². The van der Waals surface area contributed by atoms with Crippen LogP contribution in [0.4, 0.5) is 0 Å². The van der Waals surface area contributed by atoms with Crippen molar-refractivity contribution in [1.82, 2.24) is 24.9 Å². The fourth-order valence-corrected chi connectivity index (χ4v) is 3.84. The maximum atomic E-state index is 12.7. The quantitative estimate of drug-likeness (QED) is 0.538. The summed E-state index contributed by atoms with van der Waals surface area (Å²) in [5, 5.41) is 9.30. The molecule has 146 valence electrons. The van der Waals surface area contributed by atoms with Gasteiger partial charge >= 0.3 is 0 Å². The molecule has 0 unspecified atom stereocenters. The maximum Gasteiger partial charge on any atom is 0.244 e. The van der Waals surface area contributed by atoms with Crippen LogP contribution in [-0.2, 0) is 11.3 Å². The van der Waals surface area contributed by atoms with Gasteiger partial charge in [0.05, 0.1) is 5.52 Å². The van der Waals surface area contributed by atoms with E-state index in [-0.39, 0.29) is 18.6 Å². The first-order chi connectivity index (χ1) is 14.3. The van der Waals surface area contributed by atoms with E-state index in [2.05, 4.69) is 15.3 Å². The number of amides is 1. The summed E-state index contributed by atoms with van der Waals surface area (Å²) in [6.07, 6.45) is 3.46. The molecule has 0 spiro atoms. The van der Waals surface area contributed by atoms with Gasteiger partial charge in [-0.3, -0.25) is 9.78 Å². The van der Waals surface area contributed by atoms with E-state index in [0.717, 1.165) is 40.5 Å². The Balaban J connectivity index is 1.21. The van der Waals surface area contributed by atoms with Crippen molar-refractivity contribution in [3.63, 3.8) is 0 Å². The summed E-state index contributed by atoms with van der Waals surface area (Å²) in [6.45, 7) is 1.56. The molecule has 7 heteroatoms. The summed E-state index contributed by atoms with van der Waals surface area (Å²) in [5.41, 5.74) is 2.56. The molecule has 0 N–H and O–H groups in total. The SMILES string of the molecule is O=C(Cn1nnc2ccccc21)N1CCC(Oc2cccc3cccnc23)CC1. The number of piperidine rings is 1. The fourth-order valence-electron chi connectivity index (χ4n) is 3.84. The van der Waals surface area contributed by atoms with Crippen molar-refractivity contribution in [2.24, 2.45) is 0 Å². The second-order valence-corrected chi connectivity index (χ2v) is 7.27. The highest BCUT2D eigenvalue weighted by molar-refractivity contribution is 5.84. The van der Waals surface area contributed by atoms with Gasteiger partial charge in [-0.25, -0.2) is 4.68 Å². The van der Waals surface area contributed by atoms with Crippen LogP contribution in [0.25, 0.3) is 21.9 Å². The van der Waals surface area contributed by atoms with Crippen molar-refractivity contribution in [3.8, 4) is 5.75 Å². The Labute approximate surface area is 167 Å². The lowest BCUT2D eigenvalue weighted by Crippen LogP contribution is -2.43. The Morgan fingerprint density at radius 3 is 2.76 bits per heavy atom. The Kier molecular flexibility index (Phi) is 4.56. The minimum atomic E-state index is 0.0610. The molecule has 7 nitrogen and oxygen atoms in total. The van der Waals surface area contributed by atoms with Gasteiger partial charge in [0.2, 0.25) is 5.91 Å². The van der Waals surface area contributed by atoms with E-state index in [1.807, 2.05) is 59.5 Å². The first-order valence-corrected chi connectivity index (χ1v) is 9.84. The summed E-state index contributed by atoms with van der Waals surface area (Å²) in [6, 6.07) is 17.6. The van der Waals surface area contributed by atoms with Crippen molar-refractivity contribution in [2.45, 2.75) is 25.5 Å². The fraction of sp³-hybridized carbons (Fsp3) is 0.273. The molecule has 0 aliphatic carbocycles. The predicted molar refractivity (Wildman–Crippen MR) is 110 cm³/mol. The number of carbonyl (C=O) groups is 1. The van der Waals surface area contributed by atoms with Crippen LogP contribution < -0.4 is 4.74 Å². The zero-order valence-electron chi connectivity index (χ0n) is 15.9. The van der Waals surface area contributed by atoms with Crippen LogP contribution in [0.1, 0.15) is 12.8 Å². The highest BCUT2D eigenvalue weighted by atomic mass is 16.5. The number of carbonyl (C=O) groups excluding carboxylic acids is 1. The van der Waals surface area contributed by atoms with Gasteiger partial charge in [-0.2, -0.15) is 0 Å². The number of ether oxygens (including phenoxy) is 1. The lowest BCUT2D eigenvalue weighted by atomic mass is 10.1. The average molecular weight is 387 g/mol. The molecule has 4 aromatic rings. The van der Waals surface area contributed by atoms with E-state index in [9.17, 15) is 4.79 Å². The number of likely N-dealkylation sites (tertiary alicyclic amines) is 1. The summed E-state index contributed by atoms with van der Waals surface area (Å²) in [7, 11) is 0.